The SMILES string of the molecule is CC1(C)CCC(CC2(C#N)CC3CCC2C3)O1. The van der Waals surface area contributed by atoms with E-state index in [1.54, 1.807) is 0 Å². The Morgan fingerprint density at radius 1 is 1.29 bits per heavy atom. The number of nitriles is 1. The van der Waals surface area contributed by atoms with E-state index in [1.807, 2.05) is 0 Å². The lowest BCUT2D eigenvalue weighted by Gasteiger charge is -2.33. The standard InChI is InChI=1S/C15H23NO/c1-14(2)6-5-13(17-14)9-15(10-16)8-11-3-4-12(15)7-11/h11-13H,3-9H2,1-2H3. The summed E-state index contributed by atoms with van der Waals surface area (Å²) >= 11 is 0. The van der Waals surface area contributed by atoms with Crippen molar-refractivity contribution in [1.29, 1.82) is 5.26 Å². The lowest BCUT2D eigenvalue weighted by molar-refractivity contribution is -0.0353. The van der Waals surface area contributed by atoms with Gasteiger partial charge in [0, 0.05) is 0 Å². The molecule has 3 aliphatic rings. The fraction of sp³-hybridized carbons (Fsp3) is 0.933. The van der Waals surface area contributed by atoms with Crippen molar-refractivity contribution in [3.05, 3.63) is 0 Å². The van der Waals surface area contributed by atoms with Gasteiger partial charge in [-0.05, 0) is 64.2 Å². The van der Waals surface area contributed by atoms with Gasteiger partial charge in [-0.25, -0.2) is 0 Å². The molecule has 3 fully saturated rings. The number of nitrogens with zero attached hydrogens (tertiary/aromatic N) is 1. The summed E-state index contributed by atoms with van der Waals surface area (Å²) in [5, 5.41) is 9.62. The van der Waals surface area contributed by atoms with E-state index in [0.29, 0.717) is 12.0 Å². The highest BCUT2D eigenvalue weighted by Crippen LogP contribution is 2.58. The lowest BCUT2D eigenvalue weighted by Crippen LogP contribution is -2.31. The summed E-state index contributed by atoms with van der Waals surface area (Å²) in [6, 6.07) is 2.68. The first-order valence-corrected chi connectivity index (χ1v) is 7.12. The van der Waals surface area contributed by atoms with Gasteiger partial charge in [0.25, 0.3) is 0 Å². The number of rotatable bonds is 2. The van der Waals surface area contributed by atoms with Gasteiger partial charge in [0.1, 0.15) is 0 Å². The smallest absolute Gasteiger partial charge is 0.0693 e. The maximum atomic E-state index is 9.62. The maximum absolute atomic E-state index is 9.62. The van der Waals surface area contributed by atoms with Crippen molar-refractivity contribution in [2.24, 2.45) is 17.3 Å². The summed E-state index contributed by atoms with van der Waals surface area (Å²) < 4.78 is 6.09. The minimum Gasteiger partial charge on any atom is -0.372 e. The molecule has 2 bridgehead atoms. The van der Waals surface area contributed by atoms with Crippen LogP contribution in [0.25, 0.3) is 0 Å². The van der Waals surface area contributed by atoms with Crippen molar-refractivity contribution >= 4 is 0 Å². The van der Waals surface area contributed by atoms with E-state index >= 15 is 0 Å². The Morgan fingerprint density at radius 3 is 2.59 bits per heavy atom. The Hall–Kier alpha value is -0.550. The van der Waals surface area contributed by atoms with Gasteiger partial charge in [0.15, 0.2) is 0 Å². The molecule has 1 aliphatic heterocycles. The second kappa shape index (κ2) is 3.72. The molecular weight excluding hydrogens is 210 g/mol. The number of ether oxygens (including phenoxy) is 1. The third-order valence-corrected chi connectivity index (χ3v) is 5.34. The van der Waals surface area contributed by atoms with E-state index in [0.717, 1.165) is 31.6 Å². The van der Waals surface area contributed by atoms with Crippen LogP contribution in [0.15, 0.2) is 0 Å². The molecule has 3 rings (SSSR count). The zero-order valence-corrected chi connectivity index (χ0v) is 11.0. The molecule has 2 heteroatoms. The summed E-state index contributed by atoms with van der Waals surface area (Å²) in [5.41, 5.74) is 0.00688. The highest BCUT2D eigenvalue weighted by molar-refractivity contribution is 5.12. The van der Waals surface area contributed by atoms with Crippen LogP contribution in [0.4, 0.5) is 0 Å². The molecule has 4 unspecified atom stereocenters. The van der Waals surface area contributed by atoms with E-state index in [-0.39, 0.29) is 11.0 Å². The zero-order chi connectivity index (χ0) is 12.1. The topological polar surface area (TPSA) is 33.0 Å². The molecule has 0 N–H and O–H groups in total. The molecule has 94 valence electrons. The summed E-state index contributed by atoms with van der Waals surface area (Å²) in [4.78, 5) is 0. The Labute approximate surface area is 104 Å². The molecule has 1 saturated heterocycles. The minimum absolute atomic E-state index is 0.0337. The van der Waals surface area contributed by atoms with Gasteiger partial charge in [-0.15, -0.1) is 0 Å². The first-order chi connectivity index (χ1) is 8.03. The van der Waals surface area contributed by atoms with Crippen LogP contribution in [0.5, 0.6) is 0 Å². The summed E-state index contributed by atoms with van der Waals surface area (Å²) in [6.07, 6.45) is 8.73. The Balaban J connectivity index is 1.70. The van der Waals surface area contributed by atoms with Gasteiger partial charge in [-0.2, -0.15) is 5.26 Å². The quantitative estimate of drug-likeness (QED) is 0.729. The first-order valence-electron chi connectivity index (χ1n) is 7.12. The molecule has 0 spiro atoms. The van der Waals surface area contributed by atoms with Crippen molar-refractivity contribution in [3.8, 4) is 6.07 Å². The van der Waals surface area contributed by atoms with E-state index in [2.05, 4.69) is 19.9 Å². The fourth-order valence-corrected chi connectivity index (χ4v) is 4.50. The van der Waals surface area contributed by atoms with Crippen LogP contribution in [-0.4, -0.2) is 11.7 Å². The average Bonchev–Trinajstić information content (AvgIpc) is 2.93. The Bertz CT molecular complexity index is 356. The van der Waals surface area contributed by atoms with Gasteiger partial charge in [-0.3, -0.25) is 0 Å². The number of hydrogen-bond acceptors (Lipinski definition) is 2. The predicted octanol–water partition coefficient (Wildman–Crippen LogP) is 3.66. The van der Waals surface area contributed by atoms with Crippen molar-refractivity contribution < 1.29 is 4.74 Å². The van der Waals surface area contributed by atoms with Crippen LogP contribution in [0, 0.1) is 28.6 Å². The van der Waals surface area contributed by atoms with Crippen molar-refractivity contribution in [2.45, 2.75) is 70.5 Å². The van der Waals surface area contributed by atoms with Crippen LogP contribution < -0.4 is 0 Å². The highest BCUT2D eigenvalue weighted by atomic mass is 16.5. The lowest BCUT2D eigenvalue weighted by atomic mass is 9.70. The normalized spacial score (nSPS) is 47.2. The molecule has 0 aromatic carbocycles. The fourth-order valence-electron chi connectivity index (χ4n) is 4.50. The molecule has 1 heterocycles. The number of hydrogen-bond donors (Lipinski definition) is 0. The van der Waals surface area contributed by atoms with Crippen LogP contribution >= 0.6 is 0 Å². The molecule has 2 saturated carbocycles. The van der Waals surface area contributed by atoms with Gasteiger partial charge < -0.3 is 4.74 Å². The molecule has 0 aromatic rings. The monoisotopic (exact) mass is 233 g/mol. The molecule has 2 nitrogen and oxygen atoms in total. The van der Waals surface area contributed by atoms with E-state index < -0.39 is 0 Å². The highest BCUT2D eigenvalue weighted by Gasteiger charge is 2.53. The van der Waals surface area contributed by atoms with Gasteiger partial charge in [-0.1, -0.05) is 6.42 Å². The van der Waals surface area contributed by atoms with Crippen molar-refractivity contribution in [3.63, 3.8) is 0 Å². The second-order valence-electron chi connectivity index (χ2n) is 7.09. The average molecular weight is 233 g/mol. The first kappa shape index (κ1) is 11.5. The van der Waals surface area contributed by atoms with Crippen LogP contribution in [0.2, 0.25) is 0 Å². The molecule has 0 aromatic heterocycles. The van der Waals surface area contributed by atoms with Gasteiger partial charge in [0.05, 0.1) is 23.2 Å². The molecule has 0 radical (unpaired) electrons. The Morgan fingerprint density at radius 2 is 2.12 bits per heavy atom. The van der Waals surface area contributed by atoms with Crippen LogP contribution in [-0.2, 0) is 4.74 Å². The van der Waals surface area contributed by atoms with E-state index in [9.17, 15) is 5.26 Å². The van der Waals surface area contributed by atoms with Crippen molar-refractivity contribution in [1.82, 2.24) is 0 Å². The molecule has 0 amide bonds. The number of fused-ring (bicyclic) bond motifs is 2. The summed E-state index contributed by atoms with van der Waals surface area (Å²) in [5.74, 6) is 1.51. The molecule has 4 atom stereocenters. The van der Waals surface area contributed by atoms with Crippen LogP contribution in [0.1, 0.15) is 58.8 Å². The molecule has 17 heavy (non-hydrogen) atoms. The third-order valence-electron chi connectivity index (χ3n) is 5.34. The largest absolute Gasteiger partial charge is 0.372 e. The maximum Gasteiger partial charge on any atom is 0.0693 e. The Kier molecular flexibility index (Phi) is 2.52. The van der Waals surface area contributed by atoms with Gasteiger partial charge >= 0.3 is 0 Å². The van der Waals surface area contributed by atoms with Crippen molar-refractivity contribution in [2.75, 3.05) is 0 Å². The van der Waals surface area contributed by atoms with E-state index in [1.165, 1.54) is 19.3 Å². The molecule has 2 aliphatic carbocycles. The van der Waals surface area contributed by atoms with E-state index in [4.69, 9.17) is 4.74 Å². The molecular formula is C15H23NO. The van der Waals surface area contributed by atoms with Crippen LogP contribution in [0.3, 0.4) is 0 Å². The minimum atomic E-state index is -0.0337. The predicted molar refractivity (Wildman–Crippen MR) is 66.3 cm³/mol. The summed E-state index contributed by atoms with van der Waals surface area (Å²) in [7, 11) is 0. The zero-order valence-electron chi connectivity index (χ0n) is 11.0. The third kappa shape index (κ3) is 1.89. The second-order valence-corrected chi connectivity index (χ2v) is 7.09. The van der Waals surface area contributed by atoms with Gasteiger partial charge in [0.2, 0.25) is 0 Å². The summed E-state index contributed by atoms with van der Waals surface area (Å²) in [6.45, 7) is 4.35.